The van der Waals surface area contributed by atoms with Gasteiger partial charge in [-0.15, -0.1) is 10.2 Å². The van der Waals surface area contributed by atoms with Gasteiger partial charge in [0, 0.05) is 19.7 Å². The van der Waals surface area contributed by atoms with E-state index in [0.717, 1.165) is 61.3 Å². The monoisotopic (exact) mass is 328 g/mol. The molecule has 6 nitrogen and oxygen atoms in total. The lowest BCUT2D eigenvalue weighted by Crippen LogP contribution is -2.30. The number of nitrogens with zero attached hydrogens (tertiary/aromatic N) is 2. The maximum absolute atomic E-state index is 11.9. The summed E-state index contributed by atoms with van der Waals surface area (Å²) >= 11 is 3.04. The van der Waals surface area contributed by atoms with Gasteiger partial charge in [-0.25, -0.2) is 0 Å². The number of hydrogen-bond acceptors (Lipinski definition) is 7. The van der Waals surface area contributed by atoms with Crippen molar-refractivity contribution < 1.29 is 9.53 Å². The van der Waals surface area contributed by atoms with E-state index in [1.54, 1.807) is 0 Å². The molecule has 0 aliphatic carbocycles. The molecule has 0 unspecified atom stereocenters. The third-order valence-electron chi connectivity index (χ3n) is 3.64. The first-order valence-corrected chi connectivity index (χ1v) is 9.14. The Morgan fingerprint density at radius 3 is 3.14 bits per heavy atom. The Labute approximate surface area is 132 Å². The van der Waals surface area contributed by atoms with E-state index in [9.17, 15) is 4.79 Å². The molecule has 21 heavy (non-hydrogen) atoms. The van der Waals surface area contributed by atoms with Gasteiger partial charge in [0.1, 0.15) is 0 Å². The Morgan fingerprint density at radius 2 is 2.29 bits per heavy atom. The average molecular weight is 328 g/mol. The third kappa shape index (κ3) is 4.31. The van der Waals surface area contributed by atoms with Crippen LogP contribution in [0.5, 0.6) is 0 Å². The van der Waals surface area contributed by atoms with Crippen molar-refractivity contribution in [1.29, 1.82) is 0 Å². The summed E-state index contributed by atoms with van der Waals surface area (Å²) in [6.45, 7) is 2.43. The Bertz CT molecular complexity index is 476. The molecule has 2 N–H and O–H groups in total. The van der Waals surface area contributed by atoms with E-state index >= 15 is 0 Å². The molecule has 2 aliphatic heterocycles. The second-order valence-corrected chi connectivity index (χ2v) is 7.71. The van der Waals surface area contributed by atoms with E-state index in [0.29, 0.717) is 0 Å². The molecule has 0 aromatic carbocycles. The molecular formula is C13H20N4O2S2. The van der Waals surface area contributed by atoms with Gasteiger partial charge in [0.15, 0.2) is 4.34 Å². The topological polar surface area (TPSA) is 76.1 Å². The Hall–Kier alpha value is -0.860. The van der Waals surface area contributed by atoms with Crippen LogP contribution in [-0.2, 0) is 9.53 Å². The SMILES string of the molecule is O=C1NCCCC[C@@H]1Sc1nnc(NC[C@@H]2CCCO2)s1. The molecule has 3 heterocycles. The summed E-state index contributed by atoms with van der Waals surface area (Å²) in [5.41, 5.74) is 0. The van der Waals surface area contributed by atoms with Crippen LogP contribution in [0.25, 0.3) is 0 Å². The number of carbonyl (C=O) groups excluding carboxylic acids is 1. The van der Waals surface area contributed by atoms with Crippen LogP contribution in [0.1, 0.15) is 32.1 Å². The van der Waals surface area contributed by atoms with E-state index in [1.165, 1.54) is 23.1 Å². The highest BCUT2D eigenvalue weighted by Crippen LogP contribution is 2.32. The van der Waals surface area contributed by atoms with Crippen LogP contribution in [0.15, 0.2) is 4.34 Å². The molecule has 2 fully saturated rings. The first-order chi connectivity index (χ1) is 10.3. The van der Waals surface area contributed by atoms with Crippen molar-refractivity contribution in [2.45, 2.75) is 47.8 Å². The van der Waals surface area contributed by atoms with Crippen molar-refractivity contribution in [3.63, 3.8) is 0 Å². The Kier molecular flexibility index (Phi) is 5.32. The predicted molar refractivity (Wildman–Crippen MR) is 83.9 cm³/mol. The molecule has 0 radical (unpaired) electrons. The van der Waals surface area contributed by atoms with E-state index in [-0.39, 0.29) is 17.3 Å². The number of anilines is 1. The number of nitrogens with one attached hydrogen (secondary N) is 2. The van der Waals surface area contributed by atoms with E-state index < -0.39 is 0 Å². The van der Waals surface area contributed by atoms with E-state index in [2.05, 4.69) is 20.8 Å². The van der Waals surface area contributed by atoms with Crippen molar-refractivity contribution in [2.75, 3.05) is 25.0 Å². The van der Waals surface area contributed by atoms with E-state index in [4.69, 9.17) is 4.74 Å². The van der Waals surface area contributed by atoms with Gasteiger partial charge in [-0.2, -0.15) is 0 Å². The van der Waals surface area contributed by atoms with Gasteiger partial charge in [0.2, 0.25) is 11.0 Å². The Balaban J connectivity index is 1.50. The third-order valence-corrected chi connectivity index (χ3v) is 5.87. The molecule has 2 saturated heterocycles. The highest BCUT2D eigenvalue weighted by Gasteiger charge is 2.23. The average Bonchev–Trinajstić information content (AvgIpc) is 3.10. The predicted octanol–water partition coefficient (Wildman–Crippen LogP) is 1.89. The van der Waals surface area contributed by atoms with Crippen LogP contribution < -0.4 is 10.6 Å². The molecule has 1 aromatic heterocycles. The normalized spacial score (nSPS) is 26.4. The number of thioether (sulfide) groups is 1. The smallest absolute Gasteiger partial charge is 0.233 e. The zero-order valence-electron chi connectivity index (χ0n) is 11.8. The van der Waals surface area contributed by atoms with Gasteiger partial charge in [0.05, 0.1) is 11.4 Å². The number of ether oxygens (including phenoxy) is 1. The van der Waals surface area contributed by atoms with Crippen LogP contribution >= 0.6 is 23.1 Å². The molecule has 8 heteroatoms. The van der Waals surface area contributed by atoms with Gasteiger partial charge < -0.3 is 15.4 Å². The molecule has 3 rings (SSSR count). The fraction of sp³-hybridized carbons (Fsp3) is 0.769. The van der Waals surface area contributed by atoms with Crippen molar-refractivity contribution in [1.82, 2.24) is 15.5 Å². The summed E-state index contributed by atoms with van der Waals surface area (Å²) in [4.78, 5) is 11.9. The van der Waals surface area contributed by atoms with Crippen molar-refractivity contribution in [2.24, 2.45) is 0 Å². The molecule has 1 amide bonds. The van der Waals surface area contributed by atoms with Gasteiger partial charge >= 0.3 is 0 Å². The number of hydrogen-bond donors (Lipinski definition) is 2. The maximum atomic E-state index is 11.9. The quantitative estimate of drug-likeness (QED) is 0.860. The molecule has 2 aliphatic rings. The van der Waals surface area contributed by atoms with Crippen molar-refractivity contribution in [3.05, 3.63) is 0 Å². The molecule has 0 saturated carbocycles. The zero-order chi connectivity index (χ0) is 14.5. The van der Waals surface area contributed by atoms with Gasteiger partial charge in [-0.1, -0.05) is 29.5 Å². The Morgan fingerprint density at radius 1 is 1.33 bits per heavy atom. The summed E-state index contributed by atoms with van der Waals surface area (Å²) in [5, 5.41) is 15.3. The molecule has 0 bridgehead atoms. The number of carbonyl (C=O) groups is 1. The molecule has 2 atom stereocenters. The first kappa shape index (κ1) is 15.1. The molecule has 1 aromatic rings. The fourth-order valence-corrected chi connectivity index (χ4v) is 4.55. The first-order valence-electron chi connectivity index (χ1n) is 7.44. The standard InChI is InChI=1S/C13H20N4O2S2/c18-11-10(5-1-2-6-14-11)20-13-17-16-12(21-13)15-8-9-4-3-7-19-9/h9-10H,1-8H2,(H,14,18)(H,15,16)/t9-,10-/m0/s1. The summed E-state index contributed by atoms with van der Waals surface area (Å²) in [5.74, 6) is 0.126. The van der Waals surface area contributed by atoms with Crippen molar-refractivity contribution in [3.8, 4) is 0 Å². The van der Waals surface area contributed by atoms with Gasteiger partial charge in [0.25, 0.3) is 0 Å². The lowest BCUT2D eigenvalue weighted by Gasteiger charge is -2.10. The van der Waals surface area contributed by atoms with Crippen LogP contribution in [0, 0.1) is 0 Å². The zero-order valence-corrected chi connectivity index (χ0v) is 13.5. The number of rotatable bonds is 5. The lowest BCUT2D eigenvalue weighted by atomic mass is 10.2. The minimum atomic E-state index is -0.0357. The lowest BCUT2D eigenvalue weighted by molar-refractivity contribution is -0.120. The van der Waals surface area contributed by atoms with Crippen LogP contribution in [-0.4, -0.2) is 47.2 Å². The maximum Gasteiger partial charge on any atom is 0.233 e. The largest absolute Gasteiger partial charge is 0.376 e. The highest BCUT2D eigenvalue weighted by molar-refractivity contribution is 8.02. The minimum Gasteiger partial charge on any atom is -0.376 e. The van der Waals surface area contributed by atoms with Crippen LogP contribution in [0.4, 0.5) is 5.13 Å². The second kappa shape index (κ2) is 7.42. The van der Waals surface area contributed by atoms with Gasteiger partial charge in [-0.05, 0) is 25.7 Å². The van der Waals surface area contributed by atoms with E-state index in [1.807, 2.05) is 0 Å². The number of amides is 1. The molecular weight excluding hydrogens is 308 g/mol. The summed E-state index contributed by atoms with van der Waals surface area (Å²) < 4.78 is 6.42. The molecule has 0 spiro atoms. The highest BCUT2D eigenvalue weighted by atomic mass is 32.2. The van der Waals surface area contributed by atoms with Crippen molar-refractivity contribution >= 4 is 34.1 Å². The van der Waals surface area contributed by atoms with Crippen LogP contribution in [0.3, 0.4) is 0 Å². The molecule has 116 valence electrons. The van der Waals surface area contributed by atoms with Gasteiger partial charge in [-0.3, -0.25) is 4.79 Å². The summed E-state index contributed by atoms with van der Waals surface area (Å²) in [6, 6.07) is 0. The fourth-order valence-electron chi connectivity index (χ4n) is 2.48. The van der Waals surface area contributed by atoms with Crippen LogP contribution in [0.2, 0.25) is 0 Å². The second-order valence-electron chi connectivity index (χ2n) is 5.28. The summed E-state index contributed by atoms with van der Waals surface area (Å²) in [7, 11) is 0. The number of aromatic nitrogens is 2. The summed E-state index contributed by atoms with van der Waals surface area (Å²) in [6.07, 6.45) is 5.59. The minimum absolute atomic E-state index is 0.0357.